The standard InChI is InChI=1S/C24H28ClN3O/c1-16(2)28(22-11-8-19(15-26)23(25)14-22)21-12-9-20(10-13-21)27-24(29)18-6-4-17(3)5-7-18/h4-8,11,14,16,20-21H,9-10,12-13H2,1-3H3,(H,27,29). The number of halogens is 1. The highest BCUT2D eigenvalue weighted by atomic mass is 35.5. The molecule has 0 spiro atoms. The lowest BCUT2D eigenvalue weighted by Crippen LogP contribution is -2.46. The zero-order valence-electron chi connectivity index (χ0n) is 17.3. The Kier molecular flexibility index (Phi) is 6.82. The zero-order valence-corrected chi connectivity index (χ0v) is 18.0. The molecule has 5 heteroatoms. The Morgan fingerprint density at radius 3 is 2.34 bits per heavy atom. The fourth-order valence-corrected chi connectivity index (χ4v) is 4.37. The van der Waals surface area contributed by atoms with Crippen LogP contribution < -0.4 is 10.2 Å². The first kappa shape index (κ1) is 21.2. The molecule has 1 N–H and O–H groups in total. The largest absolute Gasteiger partial charge is 0.366 e. The highest BCUT2D eigenvalue weighted by Gasteiger charge is 2.28. The monoisotopic (exact) mass is 409 g/mol. The number of rotatable bonds is 5. The number of hydrogen-bond acceptors (Lipinski definition) is 3. The molecule has 0 saturated heterocycles. The highest BCUT2D eigenvalue weighted by Crippen LogP contribution is 2.32. The molecule has 1 aliphatic carbocycles. The third-order valence-corrected chi connectivity index (χ3v) is 5.98. The summed E-state index contributed by atoms with van der Waals surface area (Å²) in [5.41, 5.74) is 3.42. The highest BCUT2D eigenvalue weighted by molar-refractivity contribution is 6.32. The SMILES string of the molecule is Cc1ccc(C(=O)NC2CCC(N(c3ccc(C#N)c(Cl)c3)C(C)C)CC2)cc1. The van der Waals surface area contributed by atoms with Crippen LogP contribution in [-0.4, -0.2) is 24.0 Å². The summed E-state index contributed by atoms with van der Waals surface area (Å²) in [6.07, 6.45) is 3.92. The van der Waals surface area contributed by atoms with E-state index in [0.717, 1.165) is 36.9 Å². The minimum atomic E-state index is 0.00744. The molecular formula is C24H28ClN3O. The number of anilines is 1. The summed E-state index contributed by atoms with van der Waals surface area (Å²) >= 11 is 6.27. The summed E-state index contributed by atoms with van der Waals surface area (Å²) in [6.45, 7) is 6.37. The number of amides is 1. The Morgan fingerprint density at radius 1 is 1.14 bits per heavy atom. The lowest BCUT2D eigenvalue weighted by atomic mass is 9.89. The number of benzene rings is 2. The number of carbonyl (C=O) groups is 1. The number of nitrogens with one attached hydrogen (secondary N) is 1. The Morgan fingerprint density at radius 2 is 1.79 bits per heavy atom. The average Bonchev–Trinajstić information content (AvgIpc) is 2.70. The van der Waals surface area contributed by atoms with Gasteiger partial charge in [0.2, 0.25) is 0 Å². The van der Waals surface area contributed by atoms with E-state index in [-0.39, 0.29) is 11.9 Å². The second-order valence-electron chi connectivity index (χ2n) is 8.12. The van der Waals surface area contributed by atoms with Gasteiger partial charge in [0.25, 0.3) is 5.91 Å². The minimum absolute atomic E-state index is 0.00744. The van der Waals surface area contributed by atoms with Gasteiger partial charge in [-0.05, 0) is 76.8 Å². The van der Waals surface area contributed by atoms with Crippen LogP contribution in [0, 0.1) is 18.3 Å². The van der Waals surface area contributed by atoms with Crippen LogP contribution in [0.25, 0.3) is 0 Å². The molecule has 0 unspecified atom stereocenters. The van der Waals surface area contributed by atoms with Gasteiger partial charge in [0.1, 0.15) is 6.07 Å². The van der Waals surface area contributed by atoms with E-state index >= 15 is 0 Å². The van der Waals surface area contributed by atoms with Crippen molar-refractivity contribution in [3.8, 4) is 6.07 Å². The summed E-state index contributed by atoms with van der Waals surface area (Å²) < 4.78 is 0. The quantitative estimate of drug-likeness (QED) is 0.711. The molecule has 1 fully saturated rings. The van der Waals surface area contributed by atoms with Gasteiger partial charge in [0.05, 0.1) is 10.6 Å². The van der Waals surface area contributed by atoms with Crippen LogP contribution in [0.5, 0.6) is 0 Å². The predicted octanol–water partition coefficient (Wildman–Crippen LogP) is 5.48. The van der Waals surface area contributed by atoms with Gasteiger partial charge < -0.3 is 10.2 Å². The van der Waals surface area contributed by atoms with Crippen molar-refractivity contribution in [3.63, 3.8) is 0 Å². The van der Waals surface area contributed by atoms with Crippen molar-refractivity contribution in [1.29, 1.82) is 5.26 Å². The third-order valence-electron chi connectivity index (χ3n) is 5.67. The van der Waals surface area contributed by atoms with Gasteiger partial charge in [0.15, 0.2) is 0 Å². The topological polar surface area (TPSA) is 56.1 Å². The smallest absolute Gasteiger partial charge is 0.251 e. The van der Waals surface area contributed by atoms with E-state index in [1.807, 2.05) is 43.3 Å². The van der Waals surface area contributed by atoms with E-state index in [4.69, 9.17) is 16.9 Å². The number of carbonyl (C=O) groups excluding carboxylic acids is 1. The van der Waals surface area contributed by atoms with E-state index in [2.05, 4.69) is 30.1 Å². The number of hydrogen-bond donors (Lipinski definition) is 1. The van der Waals surface area contributed by atoms with Gasteiger partial charge in [-0.2, -0.15) is 5.26 Å². The van der Waals surface area contributed by atoms with Gasteiger partial charge in [-0.15, -0.1) is 0 Å². The van der Waals surface area contributed by atoms with Gasteiger partial charge >= 0.3 is 0 Å². The lowest BCUT2D eigenvalue weighted by molar-refractivity contribution is 0.0925. The molecule has 4 nitrogen and oxygen atoms in total. The van der Waals surface area contributed by atoms with Crippen molar-refractivity contribution >= 4 is 23.2 Å². The van der Waals surface area contributed by atoms with E-state index in [1.54, 1.807) is 6.07 Å². The molecular weight excluding hydrogens is 382 g/mol. The first-order valence-corrected chi connectivity index (χ1v) is 10.6. The molecule has 0 bridgehead atoms. The molecule has 0 aromatic heterocycles. The Bertz CT molecular complexity index is 893. The van der Waals surface area contributed by atoms with Crippen LogP contribution in [0.1, 0.15) is 61.0 Å². The van der Waals surface area contributed by atoms with Gasteiger partial charge in [0, 0.05) is 29.4 Å². The van der Waals surface area contributed by atoms with Crippen LogP contribution in [0.2, 0.25) is 5.02 Å². The van der Waals surface area contributed by atoms with Crippen LogP contribution in [0.4, 0.5) is 5.69 Å². The first-order valence-electron chi connectivity index (χ1n) is 10.2. The molecule has 152 valence electrons. The Hall–Kier alpha value is -2.51. The van der Waals surface area contributed by atoms with E-state index < -0.39 is 0 Å². The molecule has 1 saturated carbocycles. The van der Waals surface area contributed by atoms with Gasteiger partial charge in [-0.25, -0.2) is 0 Å². The molecule has 1 amide bonds. The first-order chi connectivity index (χ1) is 13.9. The minimum Gasteiger partial charge on any atom is -0.366 e. The molecule has 0 aliphatic heterocycles. The van der Waals surface area contributed by atoms with Crippen molar-refractivity contribution in [2.45, 2.75) is 64.6 Å². The molecule has 0 radical (unpaired) electrons. The fourth-order valence-electron chi connectivity index (χ4n) is 4.16. The molecule has 3 rings (SSSR count). The van der Waals surface area contributed by atoms with Crippen molar-refractivity contribution in [2.75, 3.05) is 4.90 Å². The Balaban J connectivity index is 1.63. The normalized spacial score (nSPS) is 18.9. The maximum atomic E-state index is 12.5. The van der Waals surface area contributed by atoms with Crippen LogP contribution in [-0.2, 0) is 0 Å². The maximum absolute atomic E-state index is 12.5. The molecule has 0 atom stereocenters. The Labute approximate surface area is 178 Å². The molecule has 29 heavy (non-hydrogen) atoms. The van der Waals surface area contributed by atoms with E-state index in [9.17, 15) is 4.79 Å². The second-order valence-corrected chi connectivity index (χ2v) is 8.53. The summed E-state index contributed by atoms with van der Waals surface area (Å²) in [7, 11) is 0. The van der Waals surface area contributed by atoms with E-state index in [1.165, 1.54) is 0 Å². The molecule has 2 aromatic rings. The van der Waals surface area contributed by atoms with Crippen molar-refractivity contribution in [2.24, 2.45) is 0 Å². The van der Waals surface area contributed by atoms with Gasteiger partial charge in [-0.3, -0.25) is 4.79 Å². The predicted molar refractivity (Wildman–Crippen MR) is 118 cm³/mol. The van der Waals surface area contributed by atoms with Crippen LogP contribution in [0.3, 0.4) is 0 Å². The number of aryl methyl sites for hydroxylation is 1. The van der Waals surface area contributed by atoms with Crippen LogP contribution >= 0.6 is 11.6 Å². The average molecular weight is 410 g/mol. The fraction of sp³-hybridized carbons (Fsp3) is 0.417. The number of nitrogens with zero attached hydrogens (tertiary/aromatic N) is 2. The van der Waals surface area contributed by atoms with Gasteiger partial charge in [-0.1, -0.05) is 29.3 Å². The molecule has 0 heterocycles. The second kappa shape index (κ2) is 9.33. The lowest BCUT2D eigenvalue weighted by Gasteiger charge is -2.41. The summed E-state index contributed by atoms with van der Waals surface area (Å²) in [6, 6.07) is 16.4. The zero-order chi connectivity index (χ0) is 21.0. The summed E-state index contributed by atoms with van der Waals surface area (Å²) in [5.74, 6) is 0.00744. The summed E-state index contributed by atoms with van der Waals surface area (Å²) in [5, 5.41) is 12.8. The summed E-state index contributed by atoms with van der Waals surface area (Å²) in [4.78, 5) is 14.9. The van der Waals surface area contributed by atoms with Crippen molar-refractivity contribution in [1.82, 2.24) is 5.32 Å². The van der Waals surface area contributed by atoms with Crippen molar-refractivity contribution < 1.29 is 4.79 Å². The third kappa shape index (κ3) is 5.10. The maximum Gasteiger partial charge on any atom is 0.251 e. The molecule has 2 aromatic carbocycles. The van der Waals surface area contributed by atoms with Crippen LogP contribution in [0.15, 0.2) is 42.5 Å². The van der Waals surface area contributed by atoms with E-state index in [0.29, 0.717) is 28.2 Å². The number of nitriles is 1. The van der Waals surface area contributed by atoms with Crippen molar-refractivity contribution in [3.05, 3.63) is 64.2 Å². The molecule has 1 aliphatic rings.